The lowest BCUT2D eigenvalue weighted by atomic mass is 10.1. The van der Waals surface area contributed by atoms with Crippen molar-refractivity contribution in [2.45, 2.75) is 31.3 Å². The van der Waals surface area contributed by atoms with Crippen molar-refractivity contribution in [1.29, 1.82) is 0 Å². The molecule has 0 radical (unpaired) electrons. The fraction of sp³-hybridized carbons (Fsp3) is 0.231. The number of anilines is 1. The quantitative estimate of drug-likeness (QED) is 0.347. The van der Waals surface area contributed by atoms with Crippen LogP contribution >= 0.6 is 34.8 Å². The van der Waals surface area contributed by atoms with Gasteiger partial charge in [-0.3, -0.25) is 13.9 Å². The number of nitrogens with zero attached hydrogens (tertiary/aromatic N) is 2. The van der Waals surface area contributed by atoms with Gasteiger partial charge in [-0.2, -0.15) is 0 Å². The SMILES string of the molecule is CCNC(=O)C(C)N(Cc1cccc(Cl)c1)C(=O)CN(c1cccc(Cl)c1)S(=O)(=O)c1ccc(Cl)cc1. The third-order valence-electron chi connectivity index (χ3n) is 5.54. The highest BCUT2D eigenvalue weighted by Gasteiger charge is 2.32. The van der Waals surface area contributed by atoms with Gasteiger partial charge in [-0.25, -0.2) is 8.42 Å². The Bertz CT molecular complexity index is 1370. The lowest BCUT2D eigenvalue weighted by molar-refractivity contribution is -0.139. The third kappa shape index (κ3) is 7.38. The molecule has 3 aromatic carbocycles. The number of benzene rings is 3. The van der Waals surface area contributed by atoms with Crippen molar-refractivity contribution in [3.63, 3.8) is 0 Å². The molecule has 0 heterocycles. The Labute approximate surface area is 232 Å². The van der Waals surface area contributed by atoms with E-state index in [1.165, 1.54) is 35.2 Å². The van der Waals surface area contributed by atoms with Gasteiger partial charge in [0.1, 0.15) is 12.6 Å². The molecule has 0 saturated heterocycles. The molecule has 196 valence electrons. The van der Waals surface area contributed by atoms with Crippen molar-refractivity contribution < 1.29 is 18.0 Å². The molecular weight excluding hydrogens is 557 g/mol. The van der Waals surface area contributed by atoms with Gasteiger partial charge in [0.15, 0.2) is 0 Å². The molecule has 1 N–H and O–H groups in total. The highest BCUT2D eigenvalue weighted by molar-refractivity contribution is 7.92. The van der Waals surface area contributed by atoms with Crippen LogP contribution in [0.4, 0.5) is 5.69 Å². The monoisotopic (exact) mass is 581 g/mol. The second-order valence-corrected chi connectivity index (χ2v) is 11.3. The van der Waals surface area contributed by atoms with E-state index in [9.17, 15) is 18.0 Å². The second-order valence-electron chi connectivity index (χ2n) is 8.17. The maximum Gasteiger partial charge on any atom is 0.264 e. The Kier molecular flexibility index (Phi) is 9.84. The van der Waals surface area contributed by atoms with Gasteiger partial charge in [-0.05, 0) is 74.0 Å². The van der Waals surface area contributed by atoms with E-state index < -0.39 is 28.5 Å². The van der Waals surface area contributed by atoms with Gasteiger partial charge in [0.25, 0.3) is 10.0 Å². The molecular formula is C26H26Cl3N3O4S. The van der Waals surface area contributed by atoms with Crippen LogP contribution in [0.1, 0.15) is 19.4 Å². The zero-order chi connectivity index (χ0) is 27.2. The molecule has 0 fully saturated rings. The summed E-state index contributed by atoms with van der Waals surface area (Å²) in [5, 5.41) is 3.85. The predicted molar refractivity (Wildman–Crippen MR) is 148 cm³/mol. The van der Waals surface area contributed by atoms with Crippen LogP contribution in [0.15, 0.2) is 77.7 Å². The molecule has 0 aliphatic heterocycles. The highest BCUT2D eigenvalue weighted by atomic mass is 35.5. The summed E-state index contributed by atoms with van der Waals surface area (Å²) >= 11 is 18.2. The number of carbonyl (C=O) groups is 2. The second kappa shape index (κ2) is 12.6. The average Bonchev–Trinajstić information content (AvgIpc) is 2.85. The molecule has 0 aliphatic carbocycles. The lowest BCUT2D eigenvalue weighted by Crippen LogP contribution is -2.51. The first-order chi connectivity index (χ1) is 17.5. The number of amides is 2. The van der Waals surface area contributed by atoms with Crippen LogP contribution in [0.25, 0.3) is 0 Å². The maximum absolute atomic E-state index is 13.7. The van der Waals surface area contributed by atoms with Crippen molar-refractivity contribution in [3.8, 4) is 0 Å². The molecule has 0 aromatic heterocycles. The maximum atomic E-state index is 13.7. The number of likely N-dealkylation sites (N-methyl/N-ethyl adjacent to an activating group) is 1. The third-order valence-corrected chi connectivity index (χ3v) is 8.05. The first kappa shape index (κ1) is 28.8. The summed E-state index contributed by atoms with van der Waals surface area (Å²) in [4.78, 5) is 27.7. The molecule has 0 aliphatic rings. The van der Waals surface area contributed by atoms with E-state index in [1.54, 1.807) is 56.3 Å². The summed E-state index contributed by atoms with van der Waals surface area (Å²) in [5.74, 6) is -0.955. The summed E-state index contributed by atoms with van der Waals surface area (Å²) in [6, 6.07) is 17.8. The van der Waals surface area contributed by atoms with Gasteiger partial charge >= 0.3 is 0 Å². The van der Waals surface area contributed by atoms with Crippen molar-refractivity contribution in [2.75, 3.05) is 17.4 Å². The van der Waals surface area contributed by atoms with Crippen LogP contribution in [0.2, 0.25) is 15.1 Å². The van der Waals surface area contributed by atoms with Crippen LogP contribution in [0, 0.1) is 0 Å². The summed E-state index contributed by atoms with van der Waals surface area (Å²) in [6.07, 6.45) is 0. The number of rotatable bonds is 10. The number of carbonyl (C=O) groups excluding carboxylic acids is 2. The summed E-state index contributed by atoms with van der Waals surface area (Å²) < 4.78 is 28.4. The van der Waals surface area contributed by atoms with E-state index in [4.69, 9.17) is 34.8 Å². The molecule has 0 saturated carbocycles. The van der Waals surface area contributed by atoms with Crippen LogP contribution in [-0.4, -0.2) is 44.3 Å². The molecule has 3 rings (SSSR count). The van der Waals surface area contributed by atoms with Gasteiger partial charge in [0.2, 0.25) is 11.8 Å². The van der Waals surface area contributed by atoms with Crippen LogP contribution in [-0.2, 0) is 26.2 Å². The number of sulfonamides is 1. The molecule has 3 aromatic rings. The standard InChI is InChI=1S/C26H26Cl3N3O4S/c1-3-30-26(34)18(2)31(16-19-6-4-7-21(28)14-19)25(33)17-32(23-9-5-8-22(29)15-23)37(35,36)24-12-10-20(27)11-13-24/h4-15,18H,3,16-17H2,1-2H3,(H,30,34). The summed E-state index contributed by atoms with van der Waals surface area (Å²) in [7, 11) is -4.21. The first-order valence-electron chi connectivity index (χ1n) is 11.4. The minimum absolute atomic E-state index is 0.0437. The molecule has 0 spiro atoms. The Morgan fingerprint density at radius 3 is 2.11 bits per heavy atom. The fourth-order valence-corrected chi connectivity index (χ4v) is 5.56. The molecule has 7 nitrogen and oxygen atoms in total. The van der Waals surface area contributed by atoms with E-state index in [2.05, 4.69) is 5.32 Å². The van der Waals surface area contributed by atoms with Crippen molar-refractivity contribution in [3.05, 3.63) is 93.4 Å². The largest absolute Gasteiger partial charge is 0.355 e. The Morgan fingerprint density at radius 1 is 0.892 bits per heavy atom. The smallest absolute Gasteiger partial charge is 0.264 e. The van der Waals surface area contributed by atoms with E-state index in [-0.39, 0.29) is 23.0 Å². The van der Waals surface area contributed by atoms with E-state index in [0.29, 0.717) is 27.2 Å². The van der Waals surface area contributed by atoms with Gasteiger partial charge in [0.05, 0.1) is 10.6 Å². The average molecular weight is 583 g/mol. The number of hydrogen-bond acceptors (Lipinski definition) is 4. The van der Waals surface area contributed by atoms with E-state index >= 15 is 0 Å². The van der Waals surface area contributed by atoms with Crippen molar-refractivity contribution in [1.82, 2.24) is 10.2 Å². The molecule has 1 unspecified atom stereocenters. The van der Waals surface area contributed by atoms with Crippen LogP contribution in [0.5, 0.6) is 0 Å². The highest BCUT2D eigenvalue weighted by Crippen LogP contribution is 2.27. The zero-order valence-corrected chi connectivity index (χ0v) is 23.3. The lowest BCUT2D eigenvalue weighted by Gasteiger charge is -2.32. The van der Waals surface area contributed by atoms with Crippen LogP contribution < -0.4 is 9.62 Å². The summed E-state index contributed by atoms with van der Waals surface area (Å²) in [5.41, 5.74) is 0.885. The molecule has 1 atom stereocenters. The van der Waals surface area contributed by atoms with Gasteiger partial charge in [0, 0.05) is 28.2 Å². The normalized spacial score (nSPS) is 12.0. The van der Waals surface area contributed by atoms with Crippen molar-refractivity contribution >= 4 is 62.3 Å². The number of halogens is 3. The Balaban J connectivity index is 2.03. The Hall–Kier alpha value is -2.78. The van der Waals surface area contributed by atoms with E-state index in [0.717, 1.165) is 4.31 Å². The Morgan fingerprint density at radius 2 is 1.51 bits per heavy atom. The van der Waals surface area contributed by atoms with E-state index in [1.807, 2.05) is 0 Å². The summed E-state index contributed by atoms with van der Waals surface area (Å²) in [6.45, 7) is 3.21. The predicted octanol–water partition coefficient (Wildman–Crippen LogP) is 5.40. The molecule has 11 heteroatoms. The number of nitrogens with one attached hydrogen (secondary N) is 1. The van der Waals surface area contributed by atoms with Gasteiger partial charge in [-0.1, -0.05) is 53.0 Å². The minimum Gasteiger partial charge on any atom is -0.355 e. The zero-order valence-electron chi connectivity index (χ0n) is 20.2. The first-order valence-corrected chi connectivity index (χ1v) is 14.0. The topological polar surface area (TPSA) is 86.8 Å². The molecule has 0 bridgehead atoms. The molecule has 2 amide bonds. The molecule has 37 heavy (non-hydrogen) atoms. The van der Waals surface area contributed by atoms with Gasteiger partial charge in [-0.15, -0.1) is 0 Å². The number of hydrogen-bond donors (Lipinski definition) is 1. The van der Waals surface area contributed by atoms with Gasteiger partial charge < -0.3 is 10.2 Å². The van der Waals surface area contributed by atoms with Crippen LogP contribution in [0.3, 0.4) is 0 Å². The fourth-order valence-electron chi connectivity index (χ4n) is 3.63. The minimum atomic E-state index is -4.21. The van der Waals surface area contributed by atoms with Crippen molar-refractivity contribution in [2.24, 2.45) is 0 Å².